The van der Waals surface area contributed by atoms with Gasteiger partial charge in [0.05, 0.1) is 0 Å². The fourth-order valence-electron chi connectivity index (χ4n) is 3.10. The van der Waals surface area contributed by atoms with E-state index in [1.807, 2.05) is 0 Å². The molecule has 3 nitrogen and oxygen atoms in total. The molecule has 0 heterocycles. The van der Waals surface area contributed by atoms with Gasteiger partial charge in [-0.1, -0.05) is 41.5 Å². The van der Waals surface area contributed by atoms with Crippen molar-refractivity contribution in [2.24, 2.45) is 0 Å². The van der Waals surface area contributed by atoms with Crippen LogP contribution in [0.5, 0.6) is 0 Å². The molecule has 0 amide bonds. The van der Waals surface area contributed by atoms with Crippen molar-refractivity contribution in [3.8, 4) is 0 Å². The average Bonchev–Trinajstić information content (AvgIpc) is 2.53. The summed E-state index contributed by atoms with van der Waals surface area (Å²) >= 11 is 0. The molecular weight excluding hydrogens is 282 g/mol. The minimum atomic E-state index is 1.16. The Morgan fingerprint density at radius 1 is 0.522 bits per heavy atom. The number of hydrogen-bond acceptors (Lipinski definition) is 3. The van der Waals surface area contributed by atoms with Gasteiger partial charge in [0.25, 0.3) is 0 Å². The average molecular weight is 326 g/mol. The molecule has 3 heteroatoms. The van der Waals surface area contributed by atoms with E-state index in [1.54, 1.807) is 0 Å². The highest BCUT2D eigenvalue weighted by molar-refractivity contribution is 5.01. The molecule has 23 heavy (non-hydrogen) atoms. The molecule has 0 saturated heterocycles. The lowest BCUT2D eigenvalue weighted by Gasteiger charge is -2.37. The van der Waals surface area contributed by atoms with Crippen molar-refractivity contribution >= 4 is 0 Å². The molecule has 0 spiro atoms. The Labute approximate surface area is 146 Å². The summed E-state index contributed by atoms with van der Waals surface area (Å²) in [6.45, 7) is 20.7. The van der Waals surface area contributed by atoms with Crippen molar-refractivity contribution < 1.29 is 0 Å². The molecule has 138 valence electrons. The molecule has 0 aliphatic rings. The van der Waals surface area contributed by atoms with Crippen LogP contribution < -0.4 is 0 Å². The Morgan fingerprint density at radius 2 is 0.826 bits per heavy atom. The highest BCUT2D eigenvalue weighted by atomic mass is 15.3. The van der Waals surface area contributed by atoms with E-state index < -0.39 is 0 Å². The van der Waals surface area contributed by atoms with Gasteiger partial charge in [-0.25, -0.2) is 0 Å². The molecule has 0 aromatic rings. The Balaban J connectivity index is 5.50. The van der Waals surface area contributed by atoms with Gasteiger partial charge in [-0.05, 0) is 38.5 Å². The fourth-order valence-corrected chi connectivity index (χ4v) is 3.10. The third kappa shape index (κ3) is 9.12. The van der Waals surface area contributed by atoms with Crippen molar-refractivity contribution in [2.45, 2.75) is 80.1 Å². The Bertz CT molecular complexity index is 253. The van der Waals surface area contributed by atoms with Gasteiger partial charge in [-0.15, -0.1) is 0 Å². The van der Waals surface area contributed by atoms with E-state index in [4.69, 9.17) is 0 Å². The lowest BCUT2D eigenvalue weighted by Crippen LogP contribution is -2.39. The van der Waals surface area contributed by atoms with Crippen LogP contribution in [0.1, 0.15) is 80.1 Å². The van der Waals surface area contributed by atoms with Gasteiger partial charge in [0.15, 0.2) is 0 Å². The second-order valence-electron chi connectivity index (χ2n) is 6.50. The number of hydrogen-bond donors (Lipinski definition) is 0. The highest BCUT2D eigenvalue weighted by Gasteiger charge is 2.16. The SMILES string of the molecule is CCCN(C=C(N(CCC)CCC)N(CCC)CCC)CCC. The van der Waals surface area contributed by atoms with Crippen molar-refractivity contribution in [1.82, 2.24) is 14.7 Å². The van der Waals surface area contributed by atoms with Crippen LogP contribution in [-0.2, 0) is 0 Å². The predicted octanol–water partition coefficient (Wildman–Crippen LogP) is 5.15. The summed E-state index contributed by atoms with van der Waals surface area (Å²) in [6.07, 6.45) is 9.75. The summed E-state index contributed by atoms with van der Waals surface area (Å²) in [5, 5.41) is 0. The van der Waals surface area contributed by atoms with Gasteiger partial charge in [-0.2, -0.15) is 0 Å². The van der Waals surface area contributed by atoms with E-state index in [9.17, 15) is 0 Å². The topological polar surface area (TPSA) is 9.72 Å². The Morgan fingerprint density at radius 3 is 1.09 bits per heavy atom. The van der Waals surface area contributed by atoms with Crippen LogP contribution in [0.2, 0.25) is 0 Å². The molecule has 0 rings (SSSR count). The van der Waals surface area contributed by atoms with Crippen LogP contribution in [0.4, 0.5) is 0 Å². The van der Waals surface area contributed by atoms with Crippen LogP contribution in [0, 0.1) is 0 Å². The molecule has 0 N–H and O–H groups in total. The summed E-state index contributed by atoms with van der Waals surface area (Å²) in [5.74, 6) is 1.46. The van der Waals surface area contributed by atoms with Crippen LogP contribution >= 0.6 is 0 Å². The Kier molecular flexibility index (Phi) is 14.2. The largest absolute Gasteiger partial charge is 0.374 e. The molecule has 0 radical (unpaired) electrons. The van der Waals surface area contributed by atoms with Crippen LogP contribution in [0.3, 0.4) is 0 Å². The van der Waals surface area contributed by atoms with E-state index in [2.05, 4.69) is 62.4 Å². The molecule has 0 aliphatic heterocycles. The maximum absolute atomic E-state index is 2.61. The van der Waals surface area contributed by atoms with Gasteiger partial charge < -0.3 is 14.7 Å². The monoisotopic (exact) mass is 325 g/mol. The fraction of sp³-hybridized carbons (Fsp3) is 0.900. The summed E-state index contributed by atoms with van der Waals surface area (Å²) in [5.41, 5.74) is 0. The standard InChI is InChI=1S/C20H43N3/c1-7-13-21(14-8-2)19-20(22(15-9-3)16-10-4)23(17-11-5)18-12-6/h19H,7-18H2,1-6H3. The lowest BCUT2D eigenvalue weighted by atomic mass is 10.3. The molecule has 0 bridgehead atoms. The minimum absolute atomic E-state index is 1.16. The Hall–Kier alpha value is -0.860. The van der Waals surface area contributed by atoms with E-state index >= 15 is 0 Å². The van der Waals surface area contributed by atoms with Gasteiger partial charge >= 0.3 is 0 Å². The first-order chi connectivity index (χ1) is 11.2. The van der Waals surface area contributed by atoms with Crippen molar-refractivity contribution in [1.29, 1.82) is 0 Å². The second kappa shape index (κ2) is 14.7. The van der Waals surface area contributed by atoms with Crippen molar-refractivity contribution in [3.05, 3.63) is 12.0 Å². The third-order valence-corrected chi connectivity index (χ3v) is 3.94. The molecule has 0 aromatic carbocycles. The lowest BCUT2D eigenvalue weighted by molar-refractivity contribution is 0.195. The van der Waals surface area contributed by atoms with Crippen LogP contribution in [-0.4, -0.2) is 54.0 Å². The van der Waals surface area contributed by atoms with Gasteiger partial charge in [0, 0.05) is 45.5 Å². The van der Waals surface area contributed by atoms with Gasteiger partial charge in [0.2, 0.25) is 0 Å². The van der Waals surface area contributed by atoms with Gasteiger partial charge in [-0.3, -0.25) is 0 Å². The normalized spacial score (nSPS) is 10.5. The van der Waals surface area contributed by atoms with E-state index in [0.29, 0.717) is 0 Å². The van der Waals surface area contributed by atoms with E-state index in [0.717, 1.165) is 39.3 Å². The minimum Gasteiger partial charge on any atom is -0.374 e. The molecule has 0 saturated carbocycles. The summed E-state index contributed by atoms with van der Waals surface area (Å²) in [4.78, 5) is 7.76. The smallest absolute Gasteiger partial charge is 0.120 e. The molecule has 0 unspecified atom stereocenters. The van der Waals surface area contributed by atoms with E-state index in [-0.39, 0.29) is 0 Å². The van der Waals surface area contributed by atoms with Crippen molar-refractivity contribution in [3.63, 3.8) is 0 Å². The summed E-state index contributed by atoms with van der Waals surface area (Å²) in [7, 11) is 0. The highest BCUT2D eigenvalue weighted by Crippen LogP contribution is 2.16. The number of rotatable bonds is 15. The zero-order valence-electron chi connectivity index (χ0n) is 16.9. The predicted molar refractivity (Wildman–Crippen MR) is 105 cm³/mol. The maximum atomic E-state index is 2.61. The third-order valence-electron chi connectivity index (χ3n) is 3.94. The zero-order chi connectivity index (χ0) is 17.5. The summed E-state index contributed by atoms with van der Waals surface area (Å²) in [6, 6.07) is 0. The molecule has 0 aliphatic carbocycles. The zero-order valence-corrected chi connectivity index (χ0v) is 16.9. The van der Waals surface area contributed by atoms with E-state index in [1.165, 1.54) is 44.3 Å². The molecule has 0 fully saturated rings. The quantitative estimate of drug-likeness (QED) is 0.412. The molecule has 0 aromatic heterocycles. The van der Waals surface area contributed by atoms with Crippen LogP contribution in [0.15, 0.2) is 12.0 Å². The maximum Gasteiger partial charge on any atom is 0.120 e. The van der Waals surface area contributed by atoms with Crippen molar-refractivity contribution in [2.75, 3.05) is 39.3 Å². The van der Waals surface area contributed by atoms with Crippen LogP contribution in [0.25, 0.3) is 0 Å². The molecular formula is C20H43N3. The first-order valence-electron chi connectivity index (χ1n) is 10.1. The molecule has 0 atom stereocenters. The summed E-state index contributed by atoms with van der Waals surface area (Å²) < 4.78 is 0. The second-order valence-corrected chi connectivity index (χ2v) is 6.50. The first-order valence-corrected chi connectivity index (χ1v) is 10.1. The number of nitrogens with zero attached hydrogens (tertiary/aromatic N) is 3. The van der Waals surface area contributed by atoms with Gasteiger partial charge in [0.1, 0.15) is 5.82 Å². The first kappa shape index (κ1) is 22.1.